The Kier molecular flexibility index (Phi) is 9.70. The van der Waals surface area contributed by atoms with Crippen LogP contribution in [0.3, 0.4) is 0 Å². The minimum atomic E-state index is -1.80. The number of aryl methyl sites for hydroxylation is 2. The van der Waals surface area contributed by atoms with E-state index < -0.39 is 16.5 Å². The van der Waals surface area contributed by atoms with Crippen LogP contribution in [0.4, 0.5) is 11.4 Å². The van der Waals surface area contributed by atoms with Crippen molar-refractivity contribution >= 4 is 81.8 Å². The van der Waals surface area contributed by atoms with Crippen LogP contribution in [-0.2, 0) is 0 Å². The van der Waals surface area contributed by atoms with Crippen molar-refractivity contribution in [2.45, 2.75) is 78.8 Å². The molecule has 268 valence electrons. The van der Waals surface area contributed by atoms with Gasteiger partial charge in [-0.05, 0) is 111 Å². The quantitative estimate of drug-likeness (QED) is 0.159. The number of para-hydroxylation sites is 1. The van der Waals surface area contributed by atoms with E-state index in [1.54, 1.807) is 22.4 Å². The van der Waals surface area contributed by atoms with Crippen molar-refractivity contribution < 1.29 is 4.74 Å². The zero-order valence-electron chi connectivity index (χ0n) is 32.5. The van der Waals surface area contributed by atoms with Gasteiger partial charge in [0.2, 0.25) is 0 Å². The van der Waals surface area contributed by atoms with Crippen LogP contribution in [0.15, 0.2) is 102 Å². The monoisotopic (exact) mass is 756 g/mol. The van der Waals surface area contributed by atoms with Crippen molar-refractivity contribution in [2.24, 2.45) is 0 Å². The predicted molar refractivity (Wildman–Crippen MR) is 237 cm³/mol. The summed E-state index contributed by atoms with van der Waals surface area (Å²) < 4.78 is 8.12. The lowest BCUT2D eigenvalue weighted by Gasteiger charge is -2.34. The van der Waals surface area contributed by atoms with Gasteiger partial charge in [-0.25, -0.2) is 0 Å². The van der Waals surface area contributed by atoms with Gasteiger partial charge in [-0.2, -0.15) is 0 Å². The second kappa shape index (κ2) is 13.8. The lowest BCUT2D eigenvalue weighted by Crippen LogP contribution is -2.44. The van der Waals surface area contributed by atoms with E-state index in [1.165, 1.54) is 70.5 Å². The van der Waals surface area contributed by atoms with Crippen LogP contribution in [0.5, 0.6) is 5.75 Å². The number of fused-ring (bicyclic) bond motifs is 6. The second-order valence-corrected chi connectivity index (χ2v) is 26.6. The number of hydrogen-bond acceptors (Lipinski definition) is 5. The Hall–Kier alpha value is -3.89. The fourth-order valence-electron chi connectivity index (χ4n) is 8.79. The molecule has 0 fully saturated rings. The van der Waals surface area contributed by atoms with E-state index in [9.17, 15) is 0 Å². The van der Waals surface area contributed by atoms with Gasteiger partial charge in [0.05, 0.1) is 7.11 Å². The molecule has 0 saturated heterocycles. The van der Waals surface area contributed by atoms with E-state index in [0.717, 1.165) is 5.75 Å². The molecule has 2 unspecified atom stereocenters. The van der Waals surface area contributed by atoms with Gasteiger partial charge in [-0.3, -0.25) is 0 Å². The molecule has 2 aliphatic rings. The Balaban J connectivity index is 0.000000162. The topological polar surface area (TPSA) is 33.3 Å². The molecule has 8 rings (SSSR count). The van der Waals surface area contributed by atoms with Crippen molar-refractivity contribution in [3.05, 3.63) is 134 Å². The second-order valence-electron chi connectivity index (χ2n) is 15.8. The third-order valence-electron chi connectivity index (χ3n) is 11.5. The molecule has 2 heterocycles. The van der Waals surface area contributed by atoms with Gasteiger partial charge in [0, 0.05) is 52.4 Å². The highest BCUT2D eigenvalue weighted by atomic mass is 32.1. The first-order valence-corrected chi connectivity index (χ1v) is 26.2. The molecule has 6 aromatic rings. The van der Waals surface area contributed by atoms with Gasteiger partial charge in [-0.15, -0.1) is 22.7 Å². The summed E-state index contributed by atoms with van der Waals surface area (Å²) >= 11 is 3.98. The highest BCUT2D eigenvalue weighted by Crippen LogP contribution is 2.54. The van der Waals surface area contributed by atoms with Crippen LogP contribution in [0, 0.1) is 13.8 Å². The highest BCUT2D eigenvalue weighted by Gasteiger charge is 2.44. The van der Waals surface area contributed by atoms with E-state index in [1.807, 2.05) is 34.8 Å². The molecule has 2 atom stereocenters. The first kappa shape index (κ1) is 36.5. The summed E-state index contributed by atoms with van der Waals surface area (Å²) in [7, 11) is -1.88. The molecule has 0 aliphatic heterocycles. The Morgan fingerprint density at radius 2 is 0.981 bits per heavy atom. The normalized spacial score (nSPS) is 17.0. The van der Waals surface area contributed by atoms with E-state index >= 15 is 0 Å². The fraction of sp³-hybridized carbons (Fsp3) is 0.289. The van der Waals surface area contributed by atoms with Gasteiger partial charge in [-0.1, -0.05) is 91.9 Å². The molecule has 2 aromatic heterocycles. The molecule has 7 heteroatoms. The maximum Gasteiger partial charge on any atom is 0.159 e. The standard InChI is InChI=1S/C23H27NSSi.C22H25NOSSi/c1-14-10-9-11-15(2)21(14)24-26(5,6)23-17(4)16(3)20-18-12-7-8-13-19(18)25-22(20)23;1-14-15(2)22(21-20(14)18-8-6-7-9-19(18)25-21)26(4,5)23-16-10-12-17(24-3)13-11-16/h7-13,23-24H,1-6H3;6-13,22-23H,1-5H3. The van der Waals surface area contributed by atoms with Crippen molar-refractivity contribution in [3.63, 3.8) is 0 Å². The van der Waals surface area contributed by atoms with Crippen molar-refractivity contribution in [1.29, 1.82) is 0 Å². The number of ether oxygens (including phenoxy) is 1. The molecule has 4 aromatic carbocycles. The summed E-state index contributed by atoms with van der Waals surface area (Å²) in [6.45, 7) is 23.6. The molecule has 2 aliphatic carbocycles. The largest absolute Gasteiger partial charge is 0.497 e. The van der Waals surface area contributed by atoms with Crippen LogP contribution in [0.2, 0.25) is 26.2 Å². The summed E-state index contributed by atoms with van der Waals surface area (Å²) in [5.74, 6) is 0.898. The third kappa shape index (κ3) is 6.29. The average Bonchev–Trinajstić information content (AvgIpc) is 3.81. The molecule has 0 radical (unpaired) electrons. The summed E-state index contributed by atoms with van der Waals surface area (Å²) in [6.07, 6.45) is 0. The molecule has 3 nitrogen and oxygen atoms in total. The molecule has 0 amide bonds. The Bertz CT molecular complexity index is 2360. The van der Waals surface area contributed by atoms with Crippen molar-refractivity contribution in [3.8, 4) is 5.75 Å². The van der Waals surface area contributed by atoms with Gasteiger partial charge in [0.1, 0.15) is 5.75 Å². The number of thiophene rings is 2. The van der Waals surface area contributed by atoms with Gasteiger partial charge in [0.15, 0.2) is 16.5 Å². The number of rotatable bonds is 7. The lowest BCUT2D eigenvalue weighted by molar-refractivity contribution is 0.415. The highest BCUT2D eigenvalue weighted by molar-refractivity contribution is 7.20. The fourth-order valence-corrected chi connectivity index (χ4v) is 20.0. The molecule has 2 N–H and O–H groups in total. The van der Waals surface area contributed by atoms with Crippen LogP contribution in [-0.4, -0.2) is 23.6 Å². The lowest BCUT2D eigenvalue weighted by atomic mass is 10.1. The summed E-state index contributed by atoms with van der Waals surface area (Å²) in [6, 6.07) is 32.6. The van der Waals surface area contributed by atoms with Crippen molar-refractivity contribution in [1.82, 2.24) is 0 Å². The first-order valence-electron chi connectivity index (χ1n) is 18.4. The van der Waals surface area contributed by atoms with E-state index in [2.05, 4.69) is 157 Å². The number of hydrogen-bond donors (Lipinski definition) is 2. The van der Waals surface area contributed by atoms with Crippen LogP contribution in [0.1, 0.15) is 70.8 Å². The summed E-state index contributed by atoms with van der Waals surface area (Å²) in [5, 5.41) is 2.85. The number of anilines is 2. The smallest absolute Gasteiger partial charge is 0.159 e. The predicted octanol–water partition coefficient (Wildman–Crippen LogP) is 13.9. The zero-order valence-corrected chi connectivity index (χ0v) is 36.2. The zero-order chi connectivity index (χ0) is 37.1. The molecule has 0 spiro atoms. The minimum absolute atomic E-state index is 0.511. The Labute approximate surface area is 320 Å². The third-order valence-corrected chi connectivity index (χ3v) is 20.5. The van der Waals surface area contributed by atoms with Crippen LogP contribution >= 0.6 is 22.7 Å². The maximum atomic E-state index is 5.29. The van der Waals surface area contributed by atoms with E-state index in [-0.39, 0.29) is 0 Å². The van der Waals surface area contributed by atoms with Gasteiger partial charge < -0.3 is 14.7 Å². The number of methoxy groups -OCH3 is 1. The van der Waals surface area contributed by atoms with E-state index in [0.29, 0.717) is 11.1 Å². The average molecular weight is 757 g/mol. The van der Waals surface area contributed by atoms with Gasteiger partial charge in [0.25, 0.3) is 0 Å². The molecule has 0 bridgehead atoms. The molecule has 52 heavy (non-hydrogen) atoms. The maximum absolute atomic E-state index is 5.29. The van der Waals surface area contributed by atoms with Gasteiger partial charge >= 0.3 is 0 Å². The Morgan fingerprint density at radius 1 is 0.538 bits per heavy atom. The number of nitrogens with one attached hydrogen (secondary N) is 2. The van der Waals surface area contributed by atoms with Crippen LogP contribution in [0.25, 0.3) is 31.3 Å². The Morgan fingerprint density at radius 3 is 1.44 bits per heavy atom. The van der Waals surface area contributed by atoms with Crippen molar-refractivity contribution in [2.75, 3.05) is 17.1 Å². The number of benzene rings is 4. The minimum Gasteiger partial charge on any atom is -0.497 e. The number of allylic oxidation sites excluding steroid dienone is 4. The van der Waals surface area contributed by atoms with E-state index in [4.69, 9.17) is 4.74 Å². The first-order chi connectivity index (χ1) is 24.7. The molecule has 0 saturated carbocycles. The summed E-state index contributed by atoms with van der Waals surface area (Å²) in [5.41, 5.74) is 15.3. The molecular weight excluding hydrogens is 705 g/mol. The summed E-state index contributed by atoms with van der Waals surface area (Å²) in [4.78, 5) is 11.1. The van der Waals surface area contributed by atoms with Crippen LogP contribution < -0.4 is 14.7 Å². The SMILES string of the molecule is CC1=C(C)C([Si](C)(C)Nc2c(C)cccc2C)c2sc3ccccc3c21.COc1ccc(N[Si](C)(C)C2C(C)=C(C)c3c2sc2ccccc32)cc1. The molecular formula is C45H52N2OS2Si2.